The van der Waals surface area contributed by atoms with E-state index in [0.717, 1.165) is 45.8 Å². The fraction of sp³-hybridized carbons (Fsp3) is 0.671. The maximum absolute atomic E-state index is 3.70. The predicted octanol–water partition coefficient (Wildman–Crippen LogP) is 15.1. The van der Waals surface area contributed by atoms with Crippen molar-refractivity contribution in [1.29, 1.82) is 0 Å². The molecule has 14 nitrogen and oxygen atoms in total. The van der Waals surface area contributed by atoms with Crippen LogP contribution in [-0.2, 0) is 94.1 Å². The van der Waals surface area contributed by atoms with Gasteiger partial charge in [0.1, 0.15) is 99.8 Å². The van der Waals surface area contributed by atoms with Crippen LogP contribution in [0.4, 0.5) is 0 Å². The molecule has 7 rings (SSSR count). The molecule has 0 fully saturated rings. The summed E-state index contributed by atoms with van der Waals surface area (Å²) in [6, 6.07) is 0. The van der Waals surface area contributed by atoms with Gasteiger partial charge in [-0.15, -0.1) is 0 Å². The highest BCUT2D eigenvalue weighted by molar-refractivity contribution is 4.81. The van der Waals surface area contributed by atoms with Crippen LogP contribution in [0, 0.1) is 20.8 Å². The molecule has 0 aromatic carbocycles. The number of aromatic nitrogens is 14. The van der Waals surface area contributed by atoms with E-state index >= 15 is 0 Å². The van der Waals surface area contributed by atoms with E-state index in [4.69, 9.17) is 0 Å². The number of rotatable bonds is 38. The zero-order valence-electron chi connectivity index (χ0n) is 61.2. The number of aryl methyl sites for hydroxylation is 12. The number of unbranched alkanes of at least 4 members (excludes halogenated alkanes) is 22. The van der Waals surface area contributed by atoms with Gasteiger partial charge in [0.2, 0.25) is 25.3 Å². The average molecular weight is 1250 g/mol. The Morgan fingerprint density at radius 3 is 1.04 bits per heavy atom. The number of hydrogen-bond acceptors (Lipinski definition) is 0. The van der Waals surface area contributed by atoms with E-state index in [1.165, 1.54) is 204 Å². The van der Waals surface area contributed by atoms with Crippen LogP contribution >= 0.6 is 0 Å². The fourth-order valence-corrected chi connectivity index (χ4v) is 10.3. The first-order valence-electron chi connectivity index (χ1n) is 36.0. The van der Waals surface area contributed by atoms with Crippen molar-refractivity contribution in [2.45, 2.75) is 302 Å². The molecule has 0 aliphatic rings. The predicted molar refractivity (Wildman–Crippen MR) is 376 cm³/mol. The summed E-state index contributed by atoms with van der Waals surface area (Å²) in [5.74, 6) is 3.98. The standard InChI is InChI=1S/C22H43N2.C11H21N2.C10H17N2.2C9H17N2.C8H13N2.C7H13N2/c1-3-4-5-6-7-8-9-10-11-12-13-14-15-16-17-18-19-24-21-20-23(2)22-24;1-4-5-6-7-8-13-10-9-12(3)11(13)2;1-3-5-7-12-9-8-11(10-12)6-4-2;1-4-5-6-11-8-7-10(3)9(11)2;1-3-4-5-6-11-8-7-10(2)9-11;1-3-5-10-7-6-9(4-2)8-10;1-4-9-6-5-8(3)7(9)2/h20-22H,3-19H2,1-2H3;9-10H,4-8H2,1-3H3;4,8-10H,2-3,5-7H2,1H3;7-8H,4-6H2,1-3H3;7-9H,3-6H2,1-2H3;3,6-8H,1,4-5H2,2H3;5-6H,4H2,1-3H3/q7*+1. The summed E-state index contributed by atoms with van der Waals surface area (Å²) >= 11 is 0. The summed E-state index contributed by atoms with van der Waals surface area (Å²) in [6.07, 6.45) is 79.1. The molecule has 0 amide bonds. The van der Waals surface area contributed by atoms with Crippen molar-refractivity contribution in [3.8, 4) is 0 Å². The third-order valence-corrected chi connectivity index (χ3v) is 16.8. The van der Waals surface area contributed by atoms with E-state index in [-0.39, 0.29) is 0 Å². The van der Waals surface area contributed by atoms with Crippen LogP contribution < -0.4 is 32.0 Å². The Morgan fingerprint density at radius 2 is 0.678 bits per heavy atom. The molecule has 0 aliphatic carbocycles. The lowest BCUT2D eigenvalue weighted by Crippen LogP contribution is -2.30. The molecule has 90 heavy (non-hydrogen) atoms. The first-order valence-corrected chi connectivity index (χ1v) is 36.0. The summed E-state index contributed by atoms with van der Waals surface area (Å²) in [5, 5.41) is 0. The highest BCUT2D eigenvalue weighted by Gasteiger charge is 2.09. The number of nitrogens with zero attached hydrogens (tertiary/aromatic N) is 14. The van der Waals surface area contributed by atoms with Gasteiger partial charge >= 0.3 is 0 Å². The van der Waals surface area contributed by atoms with Crippen molar-refractivity contribution in [2.24, 2.45) is 35.2 Å². The van der Waals surface area contributed by atoms with Gasteiger partial charge in [-0.25, -0.2) is 63.9 Å². The minimum atomic E-state index is 0.896. The molecule has 0 N–H and O–H groups in total. The lowest BCUT2D eigenvalue weighted by atomic mass is 10.0. The molecule has 14 heteroatoms. The molecule has 0 bridgehead atoms. The van der Waals surface area contributed by atoms with Gasteiger partial charge in [0, 0.05) is 20.8 Å². The lowest BCUT2D eigenvalue weighted by molar-refractivity contribution is -0.696. The lowest BCUT2D eigenvalue weighted by Gasteiger charge is -2.03. The van der Waals surface area contributed by atoms with Gasteiger partial charge in [0.25, 0.3) is 17.5 Å². The van der Waals surface area contributed by atoms with Gasteiger partial charge in [-0.3, -0.25) is 0 Å². The average Bonchev–Trinajstić information content (AvgIpc) is 4.46. The van der Waals surface area contributed by atoms with Crippen LogP contribution in [0.5, 0.6) is 0 Å². The van der Waals surface area contributed by atoms with Crippen LogP contribution in [0.25, 0.3) is 0 Å². The molecule has 508 valence electrons. The van der Waals surface area contributed by atoms with E-state index in [1.54, 1.807) is 0 Å². The van der Waals surface area contributed by atoms with Crippen LogP contribution in [-0.4, -0.2) is 32.0 Å². The van der Waals surface area contributed by atoms with E-state index in [9.17, 15) is 0 Å². The molecule has 0 atom stereocenters. The second kappa shape index (κ2) is 54.7. The van der Waals surface area contributed by atoms with Crippen molar-refractivity contribution in [2.75, 3.05) is 0 Å². The number of allylic oxidation sites excluding steroid dienone is 2. The van der Waals surface area contributed by atoms with Gasteiger partial charge in [-0.1, -0.05) is 182 Å². The van der Waals surface area contributed by atoms with Crippen molar-refractivity contribution < 1.29 is 32.0 Å². The number of imidazole rings is 7. The van der Waals surface area contributed by atoms with Crippen molar-refractivity contribution >= 4 is 0 Å². The van der Waals surface area contributed by atoms with Crippen molar-refractivity contribution in [3.63, 3.8) is 0 Å². The van der Waals surface area contributed by atoms with Crippen molar-refractivity contribution in [3.05, 3.63) is 155 Å². The third kappa shape index (κ3) is 39.9. The first kappa shape index (κ1) is 82.0. The Hall–Kier alpha value is -6.05. The number of hydrogen-bond donors (Lipinski definition) is 0. The van der Waals surface area contributed by atoms with Crippen LogP contribution in [0.2, 0.25) is 0 Å². The molecule has 7 heterocycles. The van der Waals surface area contributed by atoms with Gasteiger partial charge in [0.05, 0.1) is 81.1 Å². The van der Waals surface area contributed by atoms with Gasteiger partial charge in [0.15, 0.2) is 0 Å². The largest absolute Gasteiger partial charge is 0.253 e. The maximum Gasteiger partial charge on any atom is 0.253 e. The Labute approximate surface area is 552 Å². The molecule has 0 unspecified atom stereocenters. The second-order valence-electron chi connectivity index (χ2n) is 24.8. The molecule has 0 aliphatic heterocycles. The Bertz CT molecular complexity index is 2730. The van der Waals surface area contributed by atoms with E-state index in [0.29, 0.717) is 0 Å². The minimum Gasteiger partial charge on any atom is -0.240 e. The zero-order chi connectivity index (χ0) is 66.4. The summed E-state index contributed by atoms with van der Waals surface area (Å²) in [6.45, 7) is 39.0. The minimum absolute atomic E-state index is 0.896. The molecular formula is C76H141N14+7. The molecular weight excluding hydrogens is 1110 g/mol. The van der Waals surface area contributed by atoms with Crippen LogP contribution in [0.1, 0.15) is 239 Å². The van der Waals surface area contributed by atoms with Crippen LogP contribution in [0.3, 0.4) is 0 Å². The summed E-state index contributed by atoms with van der Waals surface area (Å²) in [5.41, 5.74) is 0. The Morgan fingerprint density at radius 1 is 0.322 bits per heavy atom. The van der Waals surface area contributed by atoms with Crippen molar-refractivity contribution in [1.82, 2.24) is 32.0 Å². The quantitative estimate of drug-likeness (QED) is 0.0210. The summed E-state index contributed by atoms with van der Waals surface area (Å²) < 4.78 is 30.5. The fourth-order valence-electron chi connectivity index (χ4n) is 10.3. The molecule has 0 saturated heterocycles. The van der Waals surface area contributed by atoms with E-state index in [2.05, 4.69) is 287 Å². The zero-order valence-corrected chi connectivity index (χ0v) is 61.2. The molecule has 7 aromatic rings. The molecule has 0 spiro atoms. The Balaban J connectivity index is 0.000000540. The Kier molecular flexibility index (Phi) is 49.8. The molecule has 7 aromatic heterocycles. The SMILES string of the molecule is C=CC[n+]1ccn(CC)c1.C=CCn1cc[n+](CCCC)c1.CCCCCCCCCCCCCCCCCCn1cc[n+](C)c1.CCCCCCn1cc[n+](C)c1C.CCCCCn1cc[n+](C)c1.CCCCn1cc[n+](C)c1C.CCn1cc[n+](C)c1C. The monoisotopic (exact) mass is 1250 g/mol. The maximum atomic E-state index is 3.70. The van der Waals surface area contributed by atoms with E-state index in [1.807, 2.05) is 18.3 Å². The third-order valence-electron chi connectivity index (χ3n) is 16.8. The molecule has 0 saturated carbocycles. The topological polar surface area (TPSA) is 61.7 Å². The normalized spacial score (nSPS) is 10.5. The highest BCUT2D eigenvalue weighted by Crippen LogP contribution is 2.14. The highest BCUT2D eigenvalue weighted by atomic mass is 15.2. The summed E-state index contributed by atoms with van der Waals surface area (Å²) in [7, 11) is 10.4. The van der Waals surface area contributed by atoms with E-state index < -0.39 is 0 Å². The first-order chi connectivity index (χ1) is 43.6. The second-order valence-corrected chi connectivity index (χ2v) is 24.8. The van der Waals surface area contributed by atoms with Crippen LogP contribution in [0.15, 0.2) is 137 Å². The van der Waals surface area contributed by atoms with Gasteiger partial charge in [-0.05, 0) is 65.2 Å². The smallest absolute Gasteiger partial charge is 0.240 e. The van der Waals surface area contributed by atoms with Gasteiger partial charge < -0.3 is 0 Å². The summed E-state index contributed by atoms with van der Waals surface area (Å²) in [4.78, 5) is 0. The molecule has 0 radical (unpaired) electrons. The van der Waals surface area contributed by atoms with Gasteiger partial charge in [-0.2, -0.15) is 0 Å².